The van der Waals surface area contributed by atoms with Gasteiger partial charge >= 0.3 is 99.0 Å². The van der Waals surface area contributed by atoms with Gasteiger partial charge in [-0.1, -0.05) is 0 Å². The van der Waals surface area contributed by atoms with Gasteiger partial charge in [0.05, 0.1) is 0 Å². The van der Waals surface area contributed by atoms with Gasteiger partial charge in [0.15, 0.2) is 0 Å². The van der Waals surface area contributed by atoms with Gasteiger partial charge in [-0.2, -0.15) is 74.6 Å². The van der Waals surface area contributed by atoms with Gasteiger partial charge in [0.1, 0.15) is 0 Å². The fraction of sp³-hybridized carbons (Fsp3) is 0.833. The van der Waals surface area contributed by atoms with E-state index in [2.05, 4.69) is 5.73 Å². The number of nitrogens with two attached hydrogens (primary N) is 1. The van der Waals surface area contributed by atoms with Crippen molar-refractivity contribution in [2.45, 2.75) is 60.5 Å². The maximum absolute atomic E-state index is 13.2. The second-order valence-electron chi connectivity index (χ2n) is 5.66. The van der Waals surface area contributed by atoms with Gasteiger partial charge in [0.2, 0.25) is 6.41 Å². The maximum Gasteiger partial charge on any atom is 1.00 e. The molecule has 0 spiro atoms. The first-order valence-corrected chi connectivity index (χ1v) is 7.15. The number of carbonyl (C=O) groups is 2. The second kappa shape index (κ2) is 11.2. The predicted molar refractivity (Wildman–Crippen MR) is 65.2 cm³/mol. The monoisotopic (exact) mass is 575 g/mol. The summed E-state index contributed by atoms with van der Waals surface area (Å²) in [6, 6.07) is 0. The van der Waals surface area contributed by atoms with Crippen molar-refractivity contribution in [2.24, 2.45) is 5.73 Å². The van der Waals surface area contributed by atoms with Crippen LogP contribution in [-0.4, -0.2) is 60.0 Å². The molecule has 0 aliphatic carbocycles. The van der Waals surface area contributed by atoms with Crippen molar-refractivity contribution in [2.75, 3.05) is 0 Å². The summed E-state index contributed by atoms with van der Waals surface area (Å²) in [5.74, 6) is -59.8. The maximum atomic E-state index is 13.2. The van der Waals surface area contributed by atoms with Gasteiger partial charge in [-0.25, -0.2) is 0 Å². The average molecular weight is 575 g/mol. The molecule has 2 N–H and O–H groups in total. The molecule has 22 heteroatoms. The smallest absolute Gasteiger partial charge is 0.550 e. The van der Waals surface area contributed by atoms with Crippen molar-refractivity contribution in [3.05, 3.63) is 0 Å². The fourth-order valence-electron chi connectivity index (χ4n) is 1.61. The van der Waals surface area contributed by atoms with E-state index in [0.717, 1.165) is 0 Å². The van der Waals surface area contributed by atoms with Gasteiger partial charge in [-0.05, 0) is 6.42 Å². The van der Waals surface area contributed by atoms with Gasteiger partial charge in [-0.3, -0.25) is 4.79 Å². The molecular weight excluding hydrogens is 568 g/mol. The Kier molecular flexibility index (Phi) is 12.5. The van der Waals surface area contributed by atoms with Crippen LogP contribution in [0.25, 0.3) is 0 Å². The fourth-order valence-corrected chi connectivity index (χ4v) is 1.61. The van der Waals surface area contributed by atoms with E-state index in [9.17, 15) is 84.5 Å². The van der Waals surface area contributed by atoms with Crippen LogP contribution in [-0.2, 0) is 9.59 Å². The van der Waals surface area contributed by atoms with Gasteiger partial charge < -0.3 is 15.6 Å². The molecular formula is C12H7F17KNO3. The Morgan fingerprint density at radius 2 is 0.853 bits per heavy atom. The van der Waals surface area contributed by atoms with Crippen LogP contribution in [0.1, 0.15) is 12.8 Å². The van der Waals surface area contributed by atoms with Crippen LogP contribution in [0, 0.1) is 0 Å². The Balaban J connectivity index is -0.00000227. The number of hydrogen-bond donors (Lipinski definition) is 1. The van der Waals surface area contributed by atoms with Crippen LogP contribution in [0.15, 0.2) is 0 Å². The minimum absolute atomic E-state index is 0. The van der Waals surface area contributed by atoms with Crippen LogP contribution in [0.4, 0.5) is 74.6 Å². The zero-order valence-electron chi connectivity index (χ0n) is 15.7. The predicted octanol–water partition coefficient (Wildman–Crippen LogP) is 0.631. The molecule has 0 fully saturated rings. The molecule has 0 unspecified atom stereocenters. The summed E-state index contributed by atoms with van der Waals surface area (Å²) in [6.45, 7) is 0. The third kappa shape index (κ3) is 6.20. The number of carboxylic acids is 1. The van der Waals surface area contributed by atoms with E-state index in [1.54, 1.807) is 0 Å². The second-order valence-corrected chi connectivity index (χ2v) is 5.66. The Labute approximate surface area is 218 Å². The number of alkyl halides is 17. The molecule has 0 aromatic heterocycles. The number of carbonyl (C=O) groups excluding carboxylic acids is 2. The summed E-state index contributed by atoms with van der Waals surface area (Å²) < 4.78 is 218. The first-order chi connectivity index (χ1) is 14.1. The minimum atomic E-state index is -8.70. The van der Waals surface area contributed by atoms with Crippen LogP contribution in [0.3, 0.4) is 0 Å². The standard InChI is InChI=1S/C11H5F17O2.CH3NO.K/c12-4(13,2-1-3(29)30)5(14,15)6(16,17)7(18,19)8(20,21)9(22,23)10(24,25)11(26,27)28;2-1-3;/h1-2H2,(H,29,30);1H,(H2,2,3);/q;;+1/p-1. The average Bonchev–Trinajstić information content (AvgIpc) is 2.58. The topological polar surface area (TPSA) is 83.2 Å². The van der Waals surface area contributed by atoms with E-state index < -0.39 is 66.4 Å². The minimum Gasteiger partial charge on any atom is -0.550 e. The Bertz CT molecular complexity index is 706. The molecule has 0 atom stereocenters. The molecule has 0 bridgehead atoms. The van der Waals surface area contributed by atoms with Crippen molar-refractivity contribution >= 4 is 12.4 Å². The Morgan fingerprint density at radius 1 is 0.618 bits per heavy atom. The van der Waals surface area contributed by atoms with Gasteiger partial charge in [0.25, 0.3) is 0 Å². The first-order valence-electron chi connectivity index (χ1n) is 7.15. The molecule has 1 amide bonds. The zero-order valence-corrected chi connectivity index (χ0v) is 18.8. The van der Waals surface area contributed by atoms with Crippen molar-refractivity contribution in [3.8, 4) is 0 Å². The third-order valence-corrected chi connectivity index (χ3v) is 3.43. The van der Waals surface area contributed by atoms with E-state index in [1.807, 2.05) is 0 Å². The van der Waals surface area contributed by atoms with E-state index >= 15 is 0 Å². The molecule has 0 saturated carbocycles. The van der Waals surface area contributed by atoms with Crippen LogP contribution in [0.2, 0.25) is 0 Å². The summed E-state index contributed by atoms with van der Waals surface area (Å²) in [6.07, 6.45) is -12.9. The number of rotatable bonds is 9. The van der Waals surface area contributed by atoms with Crippen molar-refractivity contribution in [3.63, 3.8) is 0 Å². The van der Waals surface area contributed by atoms with Crippen LogP contribution >= 0.6 is 0 Å². The molecule has 0 aliphatic heterocycles. The molecule has 4 nitrogen and oxygen atoms in total. The van der Waals surface area contributed by atoms with Gasteiger partial charge in [-0.15, -0.1) is 0 Å². The Hall–Kier alpha value is -0.614. The molecule has 0 saturated heterocycles. The molecule has 0 aromatic rings. The largest absolute Gasteiger partial charge is 1.00 e. The van der Waals surface area contributed by atoms with E-state index in [-0.39, 0.29) is 57.8 Å². The molecule has 198 valence electrons. The van der Waals surface area contributed by atoms with Crippen molar-refractivity contribution < 1.29 is 141 Å². The summed E-state index contributed by atoms with van der Waals surface area (Å²) in [7, 11) is 0. The molecule has 0 heterocycles. The molecule has 0 aliphatic rings. The molecule has 0 radical (unpaired) electrons. The zero-order chi connectivity index (χ0) is 27.7. The van der Waals surface area contributed by atoms with E-state index in [0.29, 0.717) is 0 Å². The number of hydrogen-bond acceptors (Lipinski definition) is 3. The summed E-state index contributed by atoms with van der Waals surface area (Å²) in [5, 5.41) is 9.88. The molecule has 0 rings (SSSR count). The summed E-state index contributed by atoms with van der Waals surface area (Å²) in [4.78, 5) is 18.5. The number of carboxylic acid groups (broad SMARTS) is 1. The quantitative estimate of drug-likeness (QED) is 0.249. The van der Waals surface area contributed by atoms with Crippen molar-refractivity contribution in [1.29, 1.82) is 0 Å². The number of amides is 1. The summed E-state index contributed by atoms with van der Waals surface area (Å²) in [5.41, 5.74) is 4.17. The van der Waals surface area contributed by atoms with E-state index in [1.165, 1.54) is 0 Å². The number of aliphatic carboxylic acids is 1. The number of halogens is 17. The van der Waals surface area contributed by atoms with Crippen LogP contribution in [0.5, 0.6) is 0 Å². The van der Waals surface area contributed by atoms with Crippen molar-refractivity contribution in [1.82, 2.24) is 0 Å². The first kappa shape index (κ1) is 37.9. The Morgan fingerprint density at radius 3 is 1.09 bits per heavy atom. The van der Waals surface area contributed by atoms with Crippen LogP contribution < -0.4 is 62.2 Å². The van der Waals surface area contributed by atoms with Gasteiger partial charge in [0, 0.05) is 12.4 Å². The number of primary amides is 1. The summed E-state index contributed by atoms with van der Waals surface area (Å²) >= 11 is 0. The van der Waals surface area contributed by atoms with E-state index in [4.69, 9.17) is 4.79 Å². The molecule has 0 aromatic carbocycles. The SMILES string of the molecule is NC=O.O=C([O-])CCC(F)(F)C(F)(F)C(F)(F)C(F)(F)C(F)(F)C(F)(F)C(F)(F)C(F)(F)F.[K+]. The molecule has 34 heavy (non-hydrogen) atoms. The normalized spacial score (nSPS) is 14.5. The third-order valence-electron chi connectivity index (χ3n) is 3.43.